The molecule has 3 aliphatic carbocycles. The molecule has 3 aromatic rings. The third kappa shape index (κ3) is 7.34. The largest absolute Gasteiger partial charge is 0.393 e. The van der Waals surface area contributed by atoms with E-state index < -0.39 is 44.6 Å². The summed E-state index contributed by atoms with van der Waals surface area (Å²) in [5, 5.41) is 25.4. The Labute approximate surface area is 291 Å². The first kappa shape index (κ1) is 36.0. The third-order valence-corrected chi connectivity index (χ3v) is 14.2. The van der Waals surface area contributed by atoms with Gasteiger partial charge in [0.15, 0.2) is 17.4 Å². The second-order valence-corrected chi connectivity index (χ2v) is 17.4. The summed E-state index contributed by atoms with van der Waals surface area (Å²) in [6.45, 7) is 4.57. The minimum atomic E-state index is -3.96. The van der Waals surface area contributed by atoms with Crippen LogP contribution in [-0.2, 0) is 21.2 Å². The molecule has 0 amide bonds. The van der Waals surface area contributed by atoms with Crippen molar-refractivity contribution in [2.75, 3.05) is 19.7 Å². The van der Waals surface area contributed by atoms with Crippen molar-refractivity contribution in [1.29, 1.82) is 0 Å². The molecule has 1 saturated carbocycles. The highest BCUT2D eigenvalue weighted by molar-refractivity contribution is 7.91. The lowest BCUT2D eigenvalue weighted by atomic mass is 9.64. The number of ketones is 1. The van der Waals surface area contributed by atoms with Gasteiger partial charge in [-0.05, 0) is 117 Å². The number of carbonyl (C=O) groups excluding carboxylic acids is 1. The topological polar surface area (TPSA) is 104 Å². The smallest absolute Gasteiger partial charge is 0.252 e. The Kier molecular flexibility index (Phi) is 10.6. The van der Waals surface area contributed by atoms with E-state index in [2.05, 4.69) is 6.08 Å². The van der Waals surface area contributed by atoms with Crippen molar-refractivity contribution in [3.8, 4) is 0 Å². The number of nitrogens with zero attached hydrogens (tertiary/aromatic N) is 1. The minimum Gasteiger partial charge on any atom is -0.393 e. The predicted molar refractivity (Wildman–Crippen MR) is 185 cm³/mol. The van der Waals surface area contributed by atoms with Crippen molar-refractivity contribution in [1.82, 2.24) is 4.31 Å². The first-order chi connectivity index (χ1) is 23.3. The molecule has 2 heterocycles. The van der Waals surface area contributed by atoms with Gasteiger partial charge in [0.05, 0.1) is 17.8 Å². The van der Waals surface area contributed by atoms with E-state index in [1.54, 1.807) is 23.6 Å². The minimum absolute atomic E-state index is 0.00253. The summed E-state index contributed by atoms with van der Waals surface area (Å²) in [5.41, 5.74) is 0.464. The standard InChI is InChI=1S/C38H45F2NO6S2/c1-25-6-3-16-37(2)32(15-17-38(37,44)24-41(23-29-7-4-18-47-29)49(45,46)35-8-5-19-48-35)30-13-10-26(20-28(42)12-9-25)21-31(30)36(43)27-11-14-33(39)34(40)22-27/h5-6,8,10-11,13-14,19,21-22,28-29,32,42,44H,3-4,7,9,12,15-18,20,23-24H2,1-2H3/t28-,29+,32-,37-,38+/m0/s1. The van der Waals surface area contributed by atoms with Crippen LogP contribution in [-0.4, -0.2) is 66.2 Å². The maximum Gasteiger partial charge on any atom is 0.252 e. The van der Waals surface area contributed by atoms with Gasteiger partial charge in [-0.25, -0.2) is 17.2 Å². The molecule has 2 bridgehead atoms. The van der Waals surface area contributed by atoms with E-state index in [1.807, 2.05) is 26.0 Å². The molecular weight excluding hydrogens is 669 g/mol. The summed E-state index contributed by atoms with van der Waals surface area (Å²) in [6.07, 6.45) is 6.18. The number of ether oxygens (including phenoxy) is 1. The Hall–Kier alpha value is -2.80. The highest BCUT2D eigenvalue weighted by atomic mass is 32.2. The molecule has 0 spiro atoms. The summed E-state index contributed by atoms with van der Waals surface area (Å²) < 4.78 is 63.9. The average molecular weight is 714 g/mol. The van der Waals surface area contributed by atoms with Crippen LogP contribution in [0, 0.1) is 17.0 Å². The van der Waals surface area contributed by atoms with Gasteiger partial charge in [-0.2, -0.15) is 4.31 Å². The maximum atomic E-state index is 14.4. The number of sulfonamides is 1. The molecule has 1 aromatic heterocycles. The van der Waals surface area contributed by atoms with Crippen LogP contribution < -0.4 is 0 Å². The van der Waals surface area contributed by atoms with Crippen molar-refractivity contribution >= 4 is 27.1 Å². The number of hydrogen-bond donors (Lipinski definition) is 2. The summed E-state index contributed by atoms with van der Waals surface area (Å²) in [7, 11) is -3.96. The zero-order valence-electron chi connectivity index (χ0n) is 28.0. The number of thiophene rings is 1. The SMILES string of the molecule is CC1=CCC[C@@]2(C)[C@@H](CC[C@@]2(O)CN(C[C@H]2CCCO2)S(=O)(=O)c2cccs2)c2ccc(cc2C(=O)c2ccc(F)c(F)c2)C[C@@H](O)CC1. The average Bonchev–Trinajstić information content (AvgIpc) is 3.84. The molecule has 1 aliphatic heterocycles. The second-order valence-electron chi connectivity index (χ2n) is 14.3. The quantitative estimate of drug-likeness (QED) is 0.190. The molecule has 264 valence electrons. The van der Waals surface area contributed by atoms with Crippen LogP contribution in [0.25, 0.3) is 0 Å². The lowest BCUT2D eigenvalue weighted by Crippen LogP contribution is -2.54. The fourth-order valence-electron chi connectivity index (χ4n) is 8.08. The van der Waals surface area contributed by atoms with Crippen LogP contribution in [0.3, 0.4) is 0 Å². The molecule has 0 radical (unpaired) electrons. The van der Waals surface area contributed by atoms with E-state index in [0.717, 1.165) is 47.4 Å². The van der Waals surface area contributed by atoms with E-state index in [1.165, 1.54) is 10.4 Å². The summed E-state index contributed by atoms with van der Waals surface area (Å²) in [5.74, 6) is -3.02. The molecule has 49 heavy (non-hydrogen) atoms. The normalized spacial score (nSPS) is 28.0. The summed E-state index contributed by atoms with van der Waals surface area (Å²) in [4.78, 5) is 14.1. The molecular formula is C38H45F2NO6S2. The molecule has 5 atom stereocenters. The van der Waals surface area contributed by atoms with Crippen LogP contribution in [0.5, 0.6) is 0 Å². The Morgan fingerprint density at radius 2 is 1.90 bits per heavy atom. The maximum absolute atomic E-state index is 14.4. The zero-order chi connectivity index (χ0) is 35.0. The van der Waals surface area contributed by atoms with Crippen molar-refractivity contribution in [3.05, 3.63) is 99.4 Å². The molecule has 2 aromatic carbocycles. The van der Waals surface area contributed by atoms with E-state index in [9.17, 15) is 32.2 Å². The molecule has 2 fully saturated rings. The number of hydrogen-bond acceptors (Lipinski definition) is 7. The van der Waals surface area contributed by atoms with E-state index in [-0.39, 0.29) is 41.3 Å². The highest BCUT2D eigenvalue weighted by Crippen LogP contribution is 2.59. The highest BCUT2D eigenvalue weighted by Gasteiger charge is 2.58. The van der Waals surface area contributed by atoms with Crippen LogP contribution in [0.2, 0.25) is 0 Å². The fourth-order valence-corrected chi connectivity index (χ4v) is 10.8. The number of halogens is 2. The Bertz CT molecular complexity index is 1810. The van der Waals surface area contributed by atoms with Crippen molar-refractivity contribution in [2.24, 2.45) is 5.41 Å². The van der Waals surface area contributed by atoms with Crippen LogP contribution in [0.1, 0.15) is 98.2 Å². The lowest BCUT2D eigenvalue weighted by Gasteiger charge is -2.46. The van der Waals surface area contributed by atoms with Gasteiger partial charge in [-0.3, -0.25) is 4.79 Å². The Morgan fingerprint density at radius 3 is 2.61 bits per heavy atom. The third-order valence-electron chi connectivity index (χ3n) is 11.1. The van der Waals surface area contributed by atoms with Gasteiger partial charge >= 0.3 is 0 Å². The van der Waals surface area contributed by atoms with Crippen LogP contribution in [0.4, 0.5) is 8.78 Å². The molecule has 4 aliphatic rings. The zero-order valence-corrected chi connectivity index (χ0v) is 29.7. The van der Waals surface area contributed by atoms with Gasteiger partial charge in [0.25, 0.3) is 10.0 Å². The van der Waals surface area contributed by atoms with Crippen molar-refractivity contribution in [2.45, 2.75) is 99.6 Å². The van der Waals surface area contributed by atoms with Gasteiger partial charge in [0.2, 0.25) is 0 Å². The first-order valence-electron chi connectivity index (χ1n) is 17.1. The second kappa shape index (κ2) is 14.4. The van der Waals surface area contributed by atoms with Crippen molar-refractivity contribution < 1.29 is 36.9 Å². The number of fused-ring (bicyclic) bond motifs is 8. The number of carbonyl (C=O) groups is 1. The van der Waals surface area contributed by atoms with Gasteiger partial charge in [0, 0.05) is 36.2 Å². The van der Waals surface area contributed by atoms with Gasteiger partial charge in [0.1, 0.15) is 4.21 Å². The number of allylic oxidation sites excluding steroid dienone is 2. The molecule has 7 rings (SSSR count). The van der Waals surface area contributed by atoms with Crippen LogP contribution in [0.15, 0.2) is 69.8 Å². The van der Waals surface area contributed by atoms with Crippen molar-refractivity contribution in [3.63, 3.8) is 0 Å². The number of aliphatic hydroxyl groups is 2. The molecule has 2 N–H and O–H groups in total. The molecule has 1 saturated heterocycles. The van der Waals surface area contributed by atoms with Gasteiger partial charge < -0.3 is 14.9 Å². The Balaban J connectivity index is 1.45. The first-order valence-corrected chi connectivity index (χ1v) is 19.5. The summed E-state index contributed by atoms with van der Waals surface area (Å²) in [6, 6.07) is 11.9. The lowest BCUT2D eigenvalue weighted by molar-refractivity contribution is -0.0754. The van der Waals surface area contributed by atoms with Gasteiger partial charge in [-0.1, -0.05) is 36.8 Å². The van der Waals surface area contributed by atoms with E-state index >= 15 is 0 Å². The monoisotopic (exact) mass is 713 g/mol. The van der Waals surface area contributed by atoms with E-state index in [4.69, 9.17) is 4.74 Å². The van der Waals surface area contributed by atoms with Gasteiger partial charge in [-0.15, -0.1) is 11.3 Å². The summed E-state index contributed by atoms with van der Waals surface area (Å²) >= 11 is 1.14. The molecule has 7 nitrogen and oxygen atoms in total. The fraction of sp³-hybridized carbons (Fsp3) is 0.500. The Morgan fingerprint density at radius 1 is 1.08 bits per heavy atom. The number of benzene rings is 2. The molecule has 0 unspecified atom stereocenters. The molecule has 11 heteroatoms. The van der Waals surface area contributed by atoms with Crippen LogP contribution >= 0.6 is 11.3 Å². The number of aliphatic hydroxyl groups excluding tert-OH is 1. The number of rotatable bonds is 8. The predicted octanol–water partition coefficient (Wildman–Crippen LogP) is 7.17. The van der Waals surface area contributed by atoms with E-state index in [0.29, 0.717) is 56.3 Å².